The van der Waals surface area contributed by atoms with Crippen LogP contribution in [-0.2, 0) is 11.2 Å². The normalized spacial score (nSPS) is 16.2. The Balaban J connectivity index is 1.71. The van der Waals surface area contributed by atoms with Gasteiger partial charge in [0.1, 0.15) is 15.8 Å². The summed E-state index contributed by atoms with van der Waals surface area (Å²) in [6.07, 6.45) is 4.09. The van der Waals surface area contributed by atoms with Crippen molar-refractivity contribution in [3.05, 3.63) is 70.3 Å². The molecule has 6 heteroatoms. The van der Waals surface area contributed by atoms with Crippen molar-refractivity contribution in [1.29, 1.82) is 0 Å². The number of amides is 1. The van der Waals surface area contributed by atoms with Crippen LogP contribution in [0.4, 0.5) is 0 Å². The molecular weight excluding hydrogens is 406 g/mol. The average Bonchev–Trinajstić information content (AvgIpc) is 3.14. The van der Waals surface area contributed by atoms with E-state index in [0.29, 0.717) is 22.2 Å². The van der Waals surface area contributed by atoms with E-state index in [4.69, 9.17) is 16.6 Å². The summed E-state index contributed by atoms with van der Waals surface area (Å²) in [5.74, 6) is 1.55. The number of carbonyl (C=O) groups is 1. The Morgan fingerprint density at radius 1 is 1.25 bits per heavy atom. The summed E-state index contributed by atoms with van der Waals surface area (Å²) in [6.45, 7) is 4.09. The summed E-state index contributed by atoms with van der Waals surface area (Å²) >= 11 is 9.96. The standard InChI is InChI=1S/C18H14BrNO2S2/c1-2-11-20-17(21)16(24-18(20)23)10-8-14-7-9-15(22-14)12-3-5-13(19)6-4-12/h2-7,9-10H,1,8,11H2/b16-10+. The van der Waals surface area contributed by atoms with Gasteiger partial charge in [0, 0.05) is 23.0 Å². The number of halogens is 1. The molecule has 1 aliphatic rings. The van der Waals surface area contributed by atoms with Crippen LogP contribution in [0.1, 0.15) is 5.76 Å². The summed E-state index contributed by atoms with van der Waals surface area (Å²) in [5.41, 5.74) is 1.02. The lowest BCUT2D eigenvalue weighted by Crippen LogP contribution is -2.27. The molecule has 0 atom stereocenters. The van der Waals surface area contributed by atoms with Crippen LogP contribution in [0.5, 0.6) is 0 Å². The van der Waals surface area contributed by atoms with Crippen LogP contribution in [0.2, 0.25) is 0 Å². The molecule has 1 aliphatic heterocycles. The Morgan fingerprint density at radius 2 is 2.00 bits per heavy atom. The second-order valence-corrected chi connectivity index (χ2v) is 7.71. The van der Waals surface area contributed by atoms with Crippen molar-refractivity contribution in [3.8, 4) is 11.3 Å². The molecule has 1 saturated heterocycles. The minimum Gasteiger partial charge on any atom is -0.461 e. The SMILES string of the molecule is C=CCN1C(=O)/C(=C\Cc2ccc(-c3ccc(Br)cc3)o2)SC1=S. The van der Waals surface area contributed by atoms with E-state index >= 15 is 0 Å². The van der Waals surface area contributed by atoms with Gasteiger partial charge in [0.15, 0.2) is 0 Å². The fraction of sp³-hybridized carbons (Fsp3) is 0.111. The van der Waals surface area contributed by atoms with Gasteiger partial charge in [0.2, 0.25) is 0 Å². The van der Waals surface area contributed by atoms with Crippen molar-refractivity contribution in [2.45, 2.75) is 6.42 Å². The van der Waals surface area contributed by atoms with Gasteiger partial charge in [0.05, 0.1) is 4.91 Å². The molecule has 0 radical (unpaired) electrons. The molecule has 2 heterocycles. The highest BCUT2D eigenvalue weighted by molar-refractivity contribution is 9.10. The lowest BCUT2D eigenvalue weighted by atomic mass is 10.2. The van der Waals surface area contributed by atoms with Gasteiger partial charge in [-0.3, -0.25) is 9.69 Å². The number of benzene rings is 1. The van der Waals surface area contributed by atoms with Gasteiger partial charge >= 0.3 is 0 Å². The quantitative estimate of drug-likeness (QED) is 0.379. The predicted molar refractivity (Wildman–Crippen MR) is 106 cm³/mol. The van der Waals surface area contributed by atoms with E-state index in [2.05, 4.69) is 22.5 Å². The fourth-order valence-electron chi connectivity index (χ4n) is 2.27. The molecule has 2 aromatic rings. The minimum atomic E-state index is -0.0652. The third-order valence-electron chi connectivity index (χ3n) is 3.46. The van der Waals surface area contributed by atoms with Crippen molar-refractivity contribution >= 4 is 50.1 Å². The topological polar surface area (TPSA) is 33.5 Å². The third-order valence-corrected chi connectivity index (χ3v) is 5.42. The summed E-state index contributed by atoms with van der Waals surface area (Å²) in [7, 11) is 0. The van der Waals surface area contributed by atoms with Crippen LogP contribution in [0, 0.1) is 0 Å². The number of rotatable bonds is 5. The number of thioether (sulfide) groups is 1. The summed E-state index contributed by atoms with van der Waals surface area (Å²) < 4.78 is 7.46. The van der Waals surface area contributed by atoms with Gasteiger partial charge in [-0.15, -0.1) is 6.58 Å². The van der Waals surface area contributed by atoms with Gasteiger partial charge in [-0.25, -0.2) is 0 Å². The predicted octanol–water partition coefficient (Wildman–Crippen LogP) is 5.18. The minimum absolute atomic E-state index is 0.0652. The van der Waals surface area contributed by atoms with Gasteiger partial charge in [-0.05, 0) is 24.3 Å². The number of allylic oxidation sites excluding steroid dienone is 1. The van der Waals surface area contributed by atoms with E-state index in [1.54, 1.807) is 11.0 Å². The highest BCUT2D eigenvalue weighted by Crippen LogP contribution is 2.31. The van der Waals surface area contributed by atoms with Gasteiger partial charge in [-0.1, -0.05) is 64.2 Å². The number of hydrogen-bond donors (Lipinski definition) is 0. The molecule has 1 fully saturated rings. The highest BCUT2D eigenvalue weighted by Gasteiger charge is 2.30. The third kappa shape index (κ3) is 3.71. The maximum atomic E-state index is 12.3. The first-order valence-electron chi connectivity index (χ1n) is 7.28. The molecule has 122 valence electrons. The van der Waals surface area contributed by atoms with E-state index in [-0.39, 0.29) is 5.91 Å². The Kier molecular flexibility index (Phi) is 5.38. The molecule has 1 aromatic carbocycles. The van der Waals surface area contributed by atoms with Crippen molar-refractivity contribution in [3.63, 3.8) is 0 Å². The molecule has 0 unspecified atom stereocenters. The first-order chi connectivity index (χ1) is 11.6. The molecule has 1 aromatic heterocycles. The zero-order valence-corrected chi connectivity index (χ0v) is 15.9. The van der Waals surface area contributed by atoms with E-state index in [0.717, 1.165) is 21.6 Å². The second-order valence-electron chi connectivity index (χ2n) is 5.12. The molecule has 3 rings (SSSR count). The number of hydrogen-bond acceptors (Lipinski definition) is 4. The molecule has 24 heavy (non-hydrogen) atoms. The number of thiocarbonyl (C=S) groups is 1. The smallest absolute Gasteiger partial charge is 0.266 e. The fourth-order valence-corrected chi connectivity index (χ4v) is 3.79. The first kappa shape index (κ1) is 17.2. The number of carbonyl (C=O) groups excluding carboxylic acids is 1. The Morgan fingerprint density at radius 3 is 2.71 bits per heavy atom. The van der Waals surface area contributed by atoms with Crippen LogP contribution in [0.25, 0.3) is 11.3 Å². The molecule has 1 amide bonds. The van der Waals surface area contributed by atoms with Crippen LogP contribution >= 0.6 is 39.9 Å². The van der Waals surface area contributed by atoms with E-state index in [1.807, 2.05) is 42.5 Å². The lowest BCUT2D eigenvalue weighted by Gasteiger charge is -2.10. The number of furan rings is 1. The van der Waals surface area contributed by atoms with Crippen LogP contribution in [0.3, 0.4) is 0 Å². The van der Waals surface area contributed by atoms with Crippen LogP contribution in [-0.4, -0.2) is 21.7 Å². The van der Waals surface area contributed by atoms with Gasteiger partial charge < -0.3 is 4.42 Å². The monoisotopic (exact) mass is 419 g/mol. The molecule has 3 nitrogen and oxygen atoms in total. The summed E-state index contributed by atoms with van der Waals surface area (Å²) in [6, 6.07) is 11.8. The molecule has 0 spiro atoms. The van der Waals surface area contributed by atoms with Crippen molar-refractivity contribution in [2.24, 2.45) is 0 Å². The molecule has 0 aliphatic carbocycles. The second kappa shape index (κ2) is 7.51. The Bertz CT molecular complexity index is 824. The average molecular weight is 420 g/mol. The van der Waals surface area contributed by atoms with E-state index in [9.17, 15) is 4.79 Å². The zero-order valence-electron chi connectivity index (χ0n) is 12.7. The van der Waals surface area contributed by atoms with Crippen LogP contribution in [0.15, 0.2) is 68.9 Å². The maximum absolute atomic E-state index is 12.3. The van der Waals surface area contributed by atoms with Gasteiger partial charge in [-0.2, -0.15) is 0 Å². The maximum Gasteiger partial charge on any atom is 0.266 e. The van der Waals surface area contributed by atoms with E-state index < -0.39 is 0 Å². The van der Waals surface area contributed by atoms with Crippen molar-refractivity contribution in [2.75, 3.05) is 6.54 Å². The molecule has 0 bridgehead atoms. The molecule has 0 N–H and O–H groups in total. The van der Waals surface area contributed by atoms with Gasteiger partial charge in [0.25, 0.3) is 5.91 Å². The Labute approximate surface area is 158 Å². The Hall–Kier alpha value is -1.63. The summed E-state index contributed by atoms with van der Waals surface area (Å²) in [4.78, 5) is 14.4. The molecular formula is C18H14BrNO2S2. The molecule has 0 saturated carbocycles. The van der Waals surface area contributed by atoms with Crippen molar-refractivity contribution < 1.29 is 9.21 Å². The lowest BCUT2D eigenvalue weighted by molar-refractivity contribution is -0.121. The highest BCUT2D eigenvalue weighted by atomic mass is 79.9. The zero-order chi connectivity index (χ0) is 17.1. The van der Waals surface area contributed by atoms with Crippen molar-refractivity contribution in [1.82, 2.24) is 4.90 Å². The largest absolute Gasteiger partial charge is 0.461 e. The van der Waals surface area contributed by atoms with Crippen LogP contribution < -0.4 is 0 Å². The van der Waals surface area contributed by atoms with E-state index in [1.165, 1.54) is 11.8 Å². The first-order valence-corrected chi connectivity index (χ1v) is 9.29. The number of nitrogens with zero attached hydrogens (tertiary/aromatic N) is 1. The summed E-state index contributed by atoms with van der Waals surface area (Å²) in [5, 5.41) is 0.